The first-order chi connectivity index (χ1) is 8.51. The van der Waals surface area contributed by atoms with E-state index >= 15 is 0 Å². The average molecular weight is 246 g/mol. The van der Waals surface area contributed by atoms with Gasteiger partial charge in [-0.1, -0.05) is 56.2 Å². The summed E-state index contributed by atoms with van der Waals surface area (Å²) in [6.45, 7) is 11.6. The van der Waals surface area contributed by atoms with E-state index in [1.165, 1.54) is 6.20 Å². The third kappa shape index (κ3) is 2.91. The van der Waals surface area contributed by atoms with Gasteiger partial charge in [0.1, 0.15) is 0 Å². The van der Waals surface area contributed by atoms with Gasteiger partial charge in [-0.05, 0) is 17.1 Å². The highest BCUT2D eigenvalue weighted by Crippen LogP contribution is 2.25. The van der Waals surface area contributed by atoms with E-state index in [1.807, 2.05) is 6.08 Å². The molecule has 1 heterocycles. The predicted molar refractivity (Wildman–Crippen MR) is 72.4 cm³/mol. The fourth-order valence-corrected chi connectivity index (χ4v) is 1.49. The summed E-state index contributed by atoms with van der Waals surface area (Å²) >= 11 is 0. The van der Waals surface area contributed by atoms with Crippen molar-refractivity contribution in [2.24, 2.45) is 5.92 Å². The summed E-state index contributed by atoms with van der Waals surface area (Å²) in [5.74, 6) is 0.0539. The fourth-order valence-electron chi connectivity index (χ4n) is 1.49. The first-order valence-corrected chi connectivity index (χ1v) is 5.64. The Morgan fingerprint density at radius 1 is 1.33 bits per heavy atom. The summed E-state index contributed by atoms with van der Waals surface area (Å²) in [6.07, 6.45) is 8.47. The van der Waals surface area contributed by atoms with Gasteiger partial charge in [0.2, 0.25) is 0 Å². The summed E-state index contributed by atoms with van der Waals surface area (Å²) in [6, 6.07) is 0. The second-order valence-corrected chi connectivity index (χ2v) is 4.12. The lowest BCUT2D eigenvalue weighted by molar-refractivity contribution is 0.121. The molecule has 0 aliphatic rings. The fraction of sp³-hybridized carbons (Fsp3) is 0.214. The second kappa shape index (κ2) is 5.91. The molecule has 1 aromatic rings. The van der Waals surface area contributed by atoms with Gasteiger partial charge in [-0.15, -0.1) is 5.10 Å². The van der Waals surface area contributed by atoms with E-state index < -0.39 is 0 Å². The molecule has 0 saturated carbocycles. The van der Waals surface area contributed by atoms with Crippen LogP contribution >= 0.6 is 0 Å². The van der Waals surface area contributed by atoms with E-state index in [0.29, 0.717) is 21.9 Å². The van der Waals surface area contributed by atoms with E-state index in [2.05, 4.69) is 32.1 Å². The predicted octanol–water partition coefficient (Wildman–Crippen LogP) is 3.16. The Labute approximate surface area is 107 Å². The van der Waals surface area contributed by atoms with Crippen LogP contribution in [-0.4, -0.2) is 20.3 Å². The minimum Gasteiger partial charge on any atom is -0.491 e. The number of hydrogen-bond acceptors (Lipinski definition) is 3. The summed E-state index contributed by atoms with van der Waals surface area (Å²) in [5.41, 5.74) is 2.17. The lowest BCUT2D eigenvalue weighted by Crippen LogP contribution is -1.90. The van der Waals surface area contributed by atoms with Crippen LogP contribution in [-0.2, 0) is 0 Å². The lowest BCUT2D eigenvalue weighted by Gasteiger charge is -2.04. The average Bonchev–Trinajstić information content (AvgIpc) is 2.66. The Kier molecular flexibility index (Phi) is 4.54. The van der Waals surface area contributed by atoms with Crippen molar-refractivity contribution < 1.29 is 10.3 Å². The topological polar surface area (TPSA) is 58.3 Å². The van der Waals surface area contributed by atoms with Crippen LogP contribution in [0.3, 0.4) is 0 Å². The third-order valence-electron chi connectivity index (χ3n) is 2.62. The molecule has 2 N–H and O–H groups in total. The smallest absolute Gasteiger partial charge is 0.255 e. The molecule has 1 aromatic heterocycles. The van der Waals surface area contributed by atoms with Crippen LogP contribution in [0.1, 0.15) is 19.4 Å². The van der Waals surface area contributed by atoms with E-state index in [0.717, 1.165) is 5.57 Å². The van der Waals surface area contributed by atoms with Gasteiger partial charge in [0.15, 0.2) is 0 Å². The Balaban J connectivity index is 3.15. The molecule has 0 fully saturated rings. The monoisotopic (exact) mass is 246 g/mol. The molecule has 0 amide bonds. The van der Waals surface area contributed by atoms with Gasteiger partial charge in [0.25, 0.3) is 5.88 Å². The van der Waals surface area contributed by atoms with Crippen LogP contribution in [0.2, 0.25) is 0 Å². The largest absolute Gasteiger partial charge is 0.491 e. The molecule has 4 heteroatoms. The van der Waals surface area contributed by atoms with Crippen molar-refractivity contribution in [3.05, 3.63) is 54.8 Å². The molecule has 96 valence electrons. The van der Waals surface area contributed by atoms with Crippen molar-refractivity contribution >= 4 is 5.57 Å². The van der Waals surface area contributed by atoms with Crippen LogP contribution in [0.15, 0.2) is 49.2 Å². The second-order valence-electron chi connectivity index (χ2n) is 4.12. The molecular formula is C14H18N2O2. The van der Waals surface area contributed by atoms with E-state index in [1.54, 1.807) is 18.2 Å². The Morgan fingerprint density at radius 2 is 2.00 bits per heavy atom. The van der Waals surface area contributed by atoms with E-state index in [9.17, 15) is 5.11 Å². The summed E-state index contributed by atoms with van der Waals surface area (Å²) in [7, 11) is 0. The maximum absolute atomic E-state index is 9.59. The van der Waals surface area contributed by atoms with Crippen molar-refractivity contribution in [2.45, 2.75) is 13.8 Å². The molecule has 0 bridgehead atoms. The highest BCUT2D eigenvalue weighted by molar-refractivity contribution is 5.77. The standard InChI is InChI=1S/C14H18N2O2/c1-5-11(10(3)4)7-8-12(6-2)13-9-15-16(18)14(13)17/h5-10,17-18H,1-2H2,3-4H3/b11-7+,12-8+. The quantitative estimate of drug-likeness (QED) is 0.619. The first kappa shape index (κ1) is 13.8. The van der Waals surface area contributed by atoms with Gasteiger partial charge in [-0.2, -0.15) is 0 Å². The van der Waals surface area contributed by atoms with Gasteiger partial charge in [0, 0.05) is 0 Å². The van der Waals surface area contributed by atoms with Crippen LogP contribution in [0.4, 0.5) is 0 Å². The highest BCUT2D eigenvalue weighted by Gasteiger charge is 2.10. The van der Waals surface area contributed by atoms with Crippen LogP contribution in [0.25, 0.3) is 5.57 Å². The number of aromatic hydroxyl groups is 1. The molecule has 0 aliphatic carbocycles. The number of hydrogen-bond donors (Lipinski definition) is 2. The number of allylic oxidation sites excluding steroid dienone is 6. The van der Waals surface area contributed by atoms with Gasteiger partial charge in [0.05, 0.1) is 11.8 Å². The molecular weight excluding hydrogens is 228 g/mol. The van der Waals surface area contributed by atoms with Crippen LogP contribution < -0.4 is 0 Å². The van der Waals surface area contributed by atoms with Crippen molar-refractivity contribution in [3.63, 3.8) is 0 Å². The zero-order valence-corrected chi connectivity index (χ0v) is 10.7. The van der Waals surface area contributed by atoms with Crippen LogP contribution in [0.5, 0.6) is 5.88 Å². The maximum Gasteiger partial charge on any atom is 0.255 e. The zero-order chi connectivity index (χ0) is 13.7. The molecule has 0 saturated heterocycles. The summed E-state index contributed by atoms with van der Waals surface area (Å²) in [5, 5.41) is 22.3. The Morgan fingerprint density at radius 3 is 2.39 bits per heavy atom. The zero-order valence-electron chi connectivity index (χ0n) is 10.7. The van der Waals surface area contributed by atoms with E-state index in [-0.39, 0.29) is 5.88 Å². The molecule has 0 radical (unpaired) electrons. The molecule has 4 nitrogen and oxygen atoms in total. The van der Waals surface area contributed by atoms with Crippen molar-refractivity contribution in [1.29, 1.82) is 0 Å². The van der Waals surface area contributed by atoms with Crippen LogP contribution in [0, 0.1) is 5.92 Å². The number of nitrogens with zero attached hydrogens (tertiary/aromatic N) is 2. The normalized spacial score (nSPS) is 12.8. The van der Waals surface area contributed by atoms with E-state index in [4.69, 9.17) is 5.21 Å². The molecule has 0 atom stereocenters. The maximum atomic E-state index is 9.59. The summed E-state index contributed by atoms with van der Waals surface area (Å²) < 4.78 is 0. The number of aromatic nitrogens is 2. The lowest BCUT2D eigenvalue weighted by atomic mass is 10.0. The first-order valence-electron chi connectivity index (χ1n) is 5.64. The third-order valence-corrected chi connectivity index (χ3v) is 2.62. The molecule has 0 unspecified atom stereocenters. The highest BCUT2D eigenvalue weighted by atomic mass is 16.5. The SMILES string of the molecule is C=C/C(=C\C=C(/C=C)c1cnn(O)c1O)C(C)C. The van der Waals surface area contributed by atoms with Crippen molar-refractivity contribution in [3.8, 4) is 5.88 Å². The summed E-state index contributed by atoms with van der Waals surface area (Å²) in [4.78, 5) is 0.424. The van der Waals surface area contributed by atoms with Crippen molar-refractivity contribution in [1.82, 2.24) is 9.94 Å². The molecule has 0 aliphatic heterocycles. The molecule has 18 heavy (non-hydrogen) atoms. The Hall–Kier alpha value is -2.23. The van der Waals surface area contributed by atoms with Gasteiger partial charge >= 0.3 is 0 Å². The molecule has 1 rings (SSSR count). The number of rotatable bonds is 5. The minimum absolute atomic E-state index is 0.306. The molecule has 0 aromatic carbocycles. The molecule has 0 spiro atoms. The van der Waals surface area contributed by atoms with Gasteiger partial charge < -0.3 is 10.3 Å². The minimum atomic E-state index is -0.306. The van der Waals surface area contributed by atoms with Gasteiger partial charge in [-0.3, -0.25) is 0 Å². The Bertz CT molecular complexity index is 508. The van der Waals surface area contributed by atoms with Crippen molar-refractivity contribution in [2.75, 3.05) is 0 Å². The van der Waals surface area contributed by atoms with Gasteiger partial charge in [-0.25, -0.2) is 0 Å².